The van der Waals surface area contributed by atoms with Crippen LogP contribution in [0.4, 0.5) is 13.2 Å². The molecule has 0 spiro atoms. The normalized spacial score (nSPS) is 20.1. The van der Waals surface area contributed by atoms with Gasteiger partial charge < -0.3 is 18.9 Å². The molecule has 0 bridgehead atoms. The smallest absolute Gasteiger partial charge is 0.406 e. The fraction of sp³-hybridized carbons (Fsp3) is 0.333. The summed E-state index contributed by atoms with van der Waals surface area (Å²) in [5.41, 5.74) is 0.637. The fourth-order valence-electron chi connectivity index (χ4n) is 4.90. The third-order valence-corrected chi connectivity index (χ3v) is 6.81. The summed E-state index contributed by atoms with van der Waals surface area (Å²) < 4.78 is 50.5. The van der Waals surface area contributed by atoms with E-state index in [4.69, 9.17) is 21.3 Å². The minimum absolute atomic E-state index is 0.0669. The lowest BCUT2D eigenvalue weighted by Crippen LogP contribution is -2.45. The quantitative estimate of drug-likeness (QED) is 0.375. The predicted molar refractivity (Wildman–Crippen MR) is 128 cm³/mol. The number of fused-ring (bicyclic) bond motifs is 1. The van der Waals surface area contributed by atoms with Crippen molar-refractivity contribution in [2.24, 2.45) is 7.05 Å². The topological polar surface area (TPSA) is 87.3 Å². The highest BCUT2D eigenvalue weighted by Gasteiger charge is 2.49. The zero-order valence-corrected chi connectivity index (χ0v) is 20.8. The molecule has 1 aliphatic heterocycles. The maximum Gasteiger partial charge on any atom is 0.573 e. The van der Waals surface area contributed by atoms with Crippen molar-refractivity contribution in [2.75, 3.05) is 13.7 Å². The molecule has 1 amide bonds. The van der Waals surface area contributed by atoms with E-state index in [2.05, 4.69) is 14.9 Å². The van der Waals surface area contributed by atoms with E-state index in [1.165, 1.54) is 23.3 Å². The van der Waals surface area contributed by atoms with Crippen LogP contribution < -0.4 is 4.74 Å². The second-order valence-corrected chi connectivity index (χ2v) is 9.36. The van der Waals surface area contributed by atoms with E-state index in [9.17, 15) is 18.0 Å². The number of aromatic nitrogens is 5. The van der Waals surface area contributed by atoms with Gasteiger partial charge in [0.2, 0.25) is 0 Å². The van der Waals surface area contributed by atoms with Gasteiger partial charge in [-0.15, -0.1) is 13.2 Å². The van der Waals surface area contributed by atoms with Gasteiger partial charge in [-0.3, -0.25) is 4.79 Å². The number of amides is 1. The van der Waals surface area contributed by atoms with E-state index in [1.807, 2.05) is 24.6 Å². The molecule has 0 saturated carbocycles. The number of hydrogen-bond donors (Lipinski definition) is 0. The number of nitrogens with zero attached hydrogens (tertiary/aromatic N) is 6. The monoisotopic (exact) mass is 534 g/mol. The van der Waals surface area contributed by atoms with E-state index in [0.29, 0.717) is 22.8 Å². The summed E-state index contributed by atoms with van der Waals surface area (Å²) in [6, 6.07) is 8.79. The Balaban J connectivity index is 1.64. The molecular weight excluding hydrogens is 513 g/mol. The van der Waals surface area contributed by atoms with Gasteiger partial charge in [-0.2, -0.15) is 15.0 Å². The Morgan fingerprint density at radius 2 is 1.89 bits per heavy atom. The molecule has 13 heteroatoms. The average Bonchev–Trinajstić information content (AvgIpc) is 3.56. The van der Waals surface area contributed by atoms with Gasteiger partial charge in [-0.1, -0.05) is 11.6 Å². The van der Waals surface area contributed by atoms with Crippen molar-refractivity contribution in [1.29, 1.82) is 0 Å². The second kappa shape index (κ2) is 9.03. The molecule has 9 nitrogen and oxygen atoms in total. The summed E-state index contributed by atoms with van der Waals surface area (Å²) in [5.74, 6) is -0.500. The van der Waals surface area contributed by atoms with Crippen molar-refractivity contribution in [2.45, 2.75) is 31.3 Å². The van der Waals surface area contributed by atoms with Gasteiger partial charge in [0.1, 0.15) is 17.1 Å². The number of benzene rings is 2. The third kappa shape index (κ3) is 4.51. The molecule has 1 fully saturated rings. The fourth-order valence-corrected chi connectivity index (χ4v) is 5.06. The van der Waals surface area contributed by atoms with Gasteiger partial charge in [0.25, 0.3) is 5.91 Å². The van der Waals surface area contributed by atoms with Crippen molar-refractivity contribution in [1.82, 2.24) is 29.4 Å². The highest BCUT2D eigenvalue weighted by molar-refractivity contribution is 6.31. The van der Waals surface area contributed by atoms with Crippen LogP contribution in [0.3, 0.4) is 0 Å². The summed E-state index contributed by atoms with van der Waals surface area (Å²) in [6.07, 6.45) is -2.05. The number of alkyl halides is 3. The lowest BCUT2D eigenvalue weighted by molar-refractivity contribution is -0.274. The molecular formula is C24H22ClF3N6O3. The maximum atomic E-state index is 14.1. The van der Waals surface area contributed by atoms with Crippen molar-refractivity contribution in [3.8, 4) is 11.4 Å². The summed E-state index contributed by atoms with van der Waals surface area (Å²) in [7, 11) is 3.38. The minimum atomic E-state index is -4.93. The molecule has 0 radical (unpaired) electrons. The molecule has 2 aromatic carbocycles. The third-order valence-electron chi connectivity index (χ3n) is 6.58. The van der Waals surface area contributed by atoms with Crippen LogP contribution >= 0.6 is 11.6 Å². The van der Waals surface area contributed by atoms with Gasteiger partial charge in [0, 0.05) is 32.1 Å². The Hall–Kier alpha value is -3.64. The van der Waals surface area contributed by atoms with Crippen molar-refractivity contribution in [3.63, 3.8) is 0 Å². The second-order valence-electron chi connectivity index (χ2n) is 8.92. The molecule has 37 heavy (non-hydrogen) atoms. The number of halogens is 4. The average molecular weight is 535 g/mol. The number of carbonyl (C=O) groups excluding carboxylic acids is 1. The predicted octanol–water partition coefficient (Wildman–Crippen LogP) is 4.48. The summed E-state index contributed by atoms with van der Waals surface area (Å²) in [4.78, 5) is 21.6. The number of likely N-dealkylation sites (tertiary alicyclic amines) is 1. The molecule has 0 aliphatic carbocycles. The zero-order chi connectivity index (χ0) is 26.5. The van der Waals surface area contributed by atoms with Crippen LogP contribution in [0.15, 0.2) is 48.8 Å². The molecule has 5 rings (SSSR count). The number of methoxy groups -OCH3 is 1. The van der Waals surface area contributed by atoms with Crippen LogP contribution in [0.2, 0.25) is 5.02 Å². The first-order valence-corrected chi connectivity index (χ1v) is 11.6. The zero-order valence-electron chi connectivity index (χ0n) is 20.0. The highest BCUT2D eigenvalue weighted by atomic mass is 35.5. The molecule has 2 aromatic heterocycles. The van der Waals surface area contributed by atoms with Gasteiger partial charge in [-0.05, 0) is 43.3 Å². The summed E-state index contributed by atoms with van der Waals surface area (Å²) in [6.45, 7) is 2.04. The molecule has 1 saturated heterocycles. The summed E-state index contributed by atoms with van der Waals surface area (Å²) in [5, 5.41) is 8.63. The molecule has 3 heterocycles. The Kier molecular flexibility index (Phi) is 6.11. The van der Waals surface area contributed by atoms with E-state index in [1.54, 1.807) is 24.1 Å². The van der Waals surface area contributed by atoms with Crippen LogP contribution in [0.1, 0.15) is 29.5 Å². The van der Waals surface area contributed by atoms with E-state index >= 15 is 0 Å². The molecule has 4 aromatic rings. The number of hydrogen-bond acceptors (Lipinski definition) is 6. The van der Waals surface area contributed by atoms with Crippen molar-refractivity contribution in [3.05, 3.63) is 65.2 Å². The molecule has 2 atom stereocenters. The molecule has 0 N–H and O–H groups in total. The Morgan fingerprint density at radius 3 is 2.57 bits per heavy atom. The largest absolute Gasteiger partial charge is 0.573 e. The number of imidazole rings is 1. The minimum Gasteiger partial charge on any atom is -0.406 e. The summed E-state index contributed by atoms with van der Waals surface area (Å²) >= 11 is 6.17. The first-order chi connectivity index (χ1) is 17.5. The Labute approximate surface area is 214 Å². The Morgan fingerprint density at radius 1 is 1.16 bits per heavy atom. The van der Waals surface area contributed by atoms with E-state index in [0.717, 1.165) is 17.6 Å². The SMILES string of the molecule is CO[C@H]1CN(C(=O)c2cc(OC(F)(F)F)ccc2-n2nccn2)C(C)(c2nc3cc(Cl)ccc3n2C)C1. The highest BCUT2D eigenvalue weighted by Crippen LogP contribution is 2.42. The maximum absolute atomic E-state index is 14.1. The Bertz CT molecular complexity index is 1470. The number of rotatable bonds is 5. The lowest BCUT2D eigenvalue weighted by Gasteiger charge is -2.34. The standard InChI is InChI=1S/C24H22ClF3N6O3/c1-23(22-31-18-10-14(25)4-6-20(18)32(22)2)12-16(36-3)13-33(23)21(35)17-11-15(37-24(26,27)28)5-7-19(17)34-29-8-9-30-34/h4-11,16H,12-13H2,1-3H3/t16-,23?/m1/s1. The van der Waals surface area contributed by atoms with Gasteiger partial charge >= 0.3 is 6.36 Å². The van der Waals surface area contributed by atoms with Crippen LogP contribution in [0, 0.1) is 0 Å². The molecule has 1 unspecified atom stereocenters. The van der Waals surface area contributed by atoms with Crippen LogP contribution in [0.5, 0.6) is 5.75 Å². The van der Waals surface area contributed by atoms with Crippen molar-refractivity contribution >= 4 is 28.5 Å². The van der Waals surface area contributed by atoms with E-state index in [-0.39, 0.29) is 23.9 Å². The number of ether oxygens (including phenoxy) is 2. The molecule has 194 valence electrons. The van der Waals surface area contributed by atoms with Gasteiger partial charge in [-0.25, -0.2) is 4.98 Å². The van der Waals surface area contributed by atoms with Crippen LogP contribution in [0.25, 0.3) is 16.7 Å². The number of carbonyl (C=O) groups is 1. The van der Waals surface area contributed by atoms with Gasteiger partial charge in [0.05, 0.1) is 40.8 Å². The van der Waals surface area contributed by atoms with Crippen LogP contribution in [-0.4, -0.2) is 61.5 Å². The molecule has 1 aliphatic rings. The van der Waals surface area contributed by atoms with Crippen LogP contribution in [-0.2, 0) is 17.3 Å². The first-order valence-electron chi connectivity index (χ1n) is 11.2. The lowest BCUT2D eigenvalue weighted by atomic mass is 9.95. The first kappa shape index (κ1) is 25.0. The van der Waals surface area contributed by atoms with Gasteiger partial charge in [0.15, 0.2) is 0 Å². The van der Waals surface area contributed by atoms with E-state index < -0.39 is 23.6 Å². The number of aryl methyl sites for hydroxylation is 1. The van der Waals surface area contributed by atoms with Crippen molar-refractivity contribution < 1.29 is 27.4 Å².